The first-order valence-electron chi connectivity index (χ1n) is 14.3. The van der Waals surface area contributed by atoms with Crippen LogP contribution in [0.4, 0.5) is 5.69 Å². The van der Waals surface area contributed by atoms with Crippen LogP contribution in [-0.2, 0) is 29.5 Å². The molecule has 2 aliphatic rings. The van der Waals surface area contributed by atoms with Crippen LogP contribution in [0, 0.1) is 5.92 Å². The summed E-state index contributed by atoms with van der Waals surface area (Å²) in [5.41, 5.74) is 3.92. The van der Waals surface area contributed by atoms with Gasteiger partial charge in [0.05, 0.1) is 19.1 Å². The summed E-state index contributed by atoms with van der Waals surface area (Å²) in [6.45, 7) is 4.08. The number of nitrogens with zero attached hydrogens (tertiary/aromatic N) is 4. The van der Waals surface area contributed by atoms with Crippen LogP contribution in [0.1, 0.15) is 48.9 Å². The summed E-state index contributed by atoms with van der Waals surface area (Å²) in [6.07, 6.45) is 9.64. The summed E-state index contributed by atoms with van der Waals surface area (Å²) in [5.74, 6) is -0.788. The van der Waals surface area contributed by atoms with Gasteiger partial charge < -0.3 is 14.7 Å². The molecule has 1 unspecified atom stereocenters. The zero-order chi connectivity index (χ0) is 28.1. The average molecular weight is 544 g/mol. The molecule has 4 heterocycles. The van der Waals surface area contributed by atoms with Crippen molar-refractivity contribution in [3.05, 3.63) is 83.9 Å². The Labute approximate surface area is 236 Å². The van der Waals surface area contributed by atoms with E-state index in [9.17, 15) is 14.7 Å². The minimum absolute atomic E-state index is 0.00497. The smallest absolute Gasteiger partial charge is 0.308 e. The molecule has 1 N–H and O–H groups in total. The molecule has 0 saturated carbocycles. The number of likely N-dealkylation sites (tertiary alicyclic amines) is 1. The van der Waals surface area contributed by atoms with Crippen LogP contribution in [0.25, 0.3) is 0 Å². The van der Waals surface area contributed by atoms with Crippen LogP contribution in [-0.4, -0.2) is 59.1 Å². The number of hydrogen-bond donors (Lipinski definition) is 1. The second-order valence-corrected chi connectivity index (χ2v) is 10.9. The number of amides is 1. The summed E-state index contributed by atoms with van der Waals surface area (Å²) in [4.78, 5) is 35.2. The van der Waals surface area contributed by atoms with E-state index in [4.69, 9.17) is 4.74 Å². The summed E-state index contributed by atoms with van der Waals surface area (Å²) >= 11 is 0. The number of carbonyl (C=O) groups excluding carboxylic acids is 1. The van der Waals surface area contributed by atoms with Crippen LogP contribution >= 0.6 is 0 Å². The number of rotatable bonds is 11. The molecule has 1 saturated heterocycles. The van der Waals surface area contributed by atoms with Gasteiger partial charge in [0, 0.05) is 49.4 Å². The molecule has 2 aromatic heterocycles. The van der Waals surface area contributed by atoms with Crippen LogP contribution < -0.4 is 14.2 Å². The van der Waals surface area contributed by atoms with Gasteiger partial charge in [0.2, 0.25) is 5.91 Å². The molecule has 40 heavy (non-hydrogen) atoms. The molecule has 2 aliphatic heterocycles. The Kier molecular flexibility index (Phi) is 8.75. The maximum absolute atomic E-state index is 13.9. The second-order valence-electron chi connectivity index (χ2n) is 10.9. The summed E-state index contributed by atoms with van der Waals surface area (Å²) in [5, 5.41) is 10.5. The summed E-state index contributed by atoms with van der Waals surface area (Å²) in [6, 6.07) is 15.5. The van der Waals surface area contributed by atoms with Crippen molar-refractivity contribution < 1.29 is 24.0 Å². The largest absolute Gasteiger partial charge is 0.493 e. The van der Waals surface area contributed by atoms with Crippen LogP contribution in [0.3, 0.4) is 0 Å². The van der Waals surface area contributed by atoms with Crippen molar-refractivity contribution in [1.29, 1.82) is 0 Å². The zero-order valence-electron chi connectivity index (χ0n) is 23.4. The normalized spacial score (nSPS) is 20.2. The molecule has 3 atom stereocenters. The van der Waals surface area contributed by atoms with E-state index in [1.54, 1.807) is 6.20 Å². The van der Waals surface area contributed by atoms with Crippen molar-refractivity contribution in [2.45, 2.75) is 51.0 Å². The Balaban J connectivity index is 1.44. The molecule has 0 spiro atoms. The predicted molar refractivity (Wildman–Crippen MR) is 152 cm³/mol. The maximum atomic E-state index is 13.9. The number of hydrogen-bond acceptors (Lipinski definition) is 5. The fourth-order valence-corrected chi connectivity index (χ4v) is 6.17. The van der Waals surface area contributed by atoms with Gasteiger partial charge in [-0.25, -0.2) is 4.57 Å². The number of benzene rings is 1. The van der Waals surface area contributed by atoms with Crippen LogP contribution in [0.5, 0.6) is 5.75 Å². The predicted octanol–water partition coefficient (Wildman–Crippen LogP) is 3.78. The Bertz CT molecular complexity index is 1330. The van der Waals surface area contributed by atoms with E-state index >= 15 is 0 Å². The number of pyridine rings is 2. The third-order valence-electron chi connectivity index (χ3n) is 8.21. The Morgan fingerprint density at radius 1 is 1.20 bits per heavy atom. The number of carboxylic acid groups (broad SMARTS) is 1. The number of carbonyl (C=O) groups is 2. The highest BCUT2D eigenvalue weighted by atomic mass is 16.5. The third-order valence-corrected chi connectivity index (χ3v) is 8.21. The monoisotopic (exact) mass is 543 g/mol. The van der Waals surface area contributed by atoms with E-state index in [0.29, 0.717) is 32.5 Å². The number of ether oxygens (including phenoxy) is 1. The van der Waals surface area contributed by atoms with E-state index < -0.39 is 11.9 Å². The Hall–Kier alpha value is -3.78. The third kappa shape index (κ3) is 6.17. The van der Waals surface area contributed by atoms with Crippen LogP contribution in [0.15, 0.2) is 67.1 Å². The number of aromatic nitrogens is 2. The van der Waals surface area contributed by atoms with Gasteiger partial charge in [0.1, 0.15) is 18.5 Å². The number of unbranched alkanes of at least 4 members (excludes halogenated alkanes) is 1. The Morgan fingerprint density at radius 3 is 2.83 bits per heavy atom. The Morgan fingerprint density at radius 2 is 2.08 bits per heavy atom. The highest BCUT2D eigenvalue weighted by Gasteiger charge is 2.47. The molecule has 0 aliphatic carbocycles. The lowest BCUT2D eigenvalue weighted by Crippen LogP contribution is -2.45. The van der Waals surface area contributed by atoms with E-state index in [-0.39, 0.29) is 24.4 Å². The number of fused-ring (bicyclic) bond motifs is 1. The minimum atomic E-state index is -0.819. The molecule has 3 aromatic rings. The van der Waals surface area contributed by atoms with Gasteiger partial charge in [-0.05, 0) is 54.7 Å². The van der Waals surface area contributed by atoms with E-state index in [2.05, 4.69) is 22.9 Å². The molecular weight excluding hydrogens is 504 g/mol. The van der Waals surface area contributed by atoms with Crippen LogP contribution in [0.2, 0.25) is 0 Å². The van der Waals surface area contributed by atoms with E-state index in [1.165, 1.54) is 0 Å². The first-order chi connectivity index (χ1) is 19.4. The number of aliphatic carboxylic acids is 1. The molecule has 1 fully saturated rings. The zero-order valence-corrected chi connectivity index (χ0v) is 23.4. The number of carboxylic acids is 1. The van der Waals surface area contributed by atoms with Gasteiger partial charge in [-0.1, -0.05) is 31.5 Å². The van der Waals surface area contributed by atoms with Gasteiger partial charge in [-0.3, -0.25) is 19.5 Å². The molecule has 0 bridgehead atoms. The molecule has 0 radical (unpaired) electrons. The number of anilines is 1. The highest BCUT2D eigenvalue weighted by Crippen LogP contribution is 2.41. The fourth-order valence-electron chi connectivity index (χ4n) is 6.17. The lowest BCUT2D eigenvalue weighted by atomic mass is 9.83. The topological polar surface area (TPSA) is 86.8 Å². The highest BCUT2D eigenvalue weighted by molar-refractivity contribution is 5.94. The first-order valence-corrected chi connectivity index (χ1v) is 14.3. The first kappa shape index (κ1) is 27.8. The van der Waals surface area contributed by atoms with Gasteiger partial charge in [-0.15, -0.1) is 0 Å². The minimum Gasteiger partial charge on any atom is -0.493 e. The van der Waals surface area contributed by atoms with Gasteiger partial charge in [0.25, 0.3) is 0 Å². The molecule has 8 heteroatoms. The van der Waals surface area contributed by atoms with Crippen molar-refractivity contribution in [3.8, 4) is 5.75 Å². The lowest BCUT2D eigenvalue weighted by Gasteiger charge is -2.29. The quantitative estimate of drug-likeness (QED) is 0.371. The molecule has 1 amide bonds. The fraction of sp³-hybridized carbons (Fsp3) is 0.438. The van der Waals surface area contributed by atoms with Crippen molar-refractivity contribution in [3.63, 3.8) is 0 Å². The molecule has 210 valence electrons. The standard InChI is InChI=1S/C32H38N4O4/c1-3-4-17-36(26-9-7-16-34(2)20-26)30(37)22-35-21-27(23-10-13-29-24(19-23)14-18-40-29)31(32(38)39)28(35)12-11-25-8-5-6-15-33-25/h5-10,13,15-16,19-20,27-28,31H,3-4,11-12,14,17-18,21-22H2,1-2H3/p+1/t27-,28+,31?/m1/s1. The lowest BCUT2D eigenvalue weighted by molar-refractivity contribution is -0.670. The molecular formula is C32H39N4O4+. The number of aryl methyl sites for hydroxylation is 2. The second kappa shape index (κ2) is 12.6. The van der Waals surface area contributed by atoms with E-state index in [0.717, 1.165) is 47.5 Å². The summed E-state index contributed by atoms with van der Waals surface area (Å²) in [7, 11) is 1.95. The van der Waals surface area contributed by atoms with Crippen molar-refractivity contribution in [2.75, 3.05) is 31.1 Å². The summed E-state index contributed by atoms with van der Waals surface area (Å²) < 4.78 is 7.64. The van der Waals surface area contributed by atoms with Gasteiger partial charge in [0.15, 0.2) is 12.4 Å². The van der Waals surface area contributed by atoms with Crippen molar-refractivity contribution >= 4 is 17.6 Å². The van der Waals surface area contributed by atoms with Gasteiger partial charge in [-0.2, -0.15) is 0 Å². The van der Waals surface area contributed by atoms with Crippen molar-refractivity contribution in [1.82, 2.24) is 9.88 Å². The van der Waals surface area contributed by atoms with E-state index in [1.807, 2.05) is 71.4 Å². The molecule has 8 nitrogen and oxygen atoms in total. The SMILES string of the molecule is CCCCN(C(=O)CN1C[C@H](c2ccc3c(c2)CCO3)C(C(=O)O)[C@@H]1CCc1ccccn1)c1ccc[n+](C)c1. The molecule has 1 aromatic carbocycles. The van der Waals surface area contributed by atoms with Gasteiger partial charge >= 0.3 is 5.97 Å². The molecule has 5 rings (SSSR count). The maximum Gasteiger partial charge on any atom is 0.308 e. The average Bonchev–Trinajstić information content (AvgIpc) is 3.57. The van der Waals surface area contributed by atoms with Crippen molar-refractivity contribution in [2.24, 2.45) is 13.0 Å².